The Morgan fingerprint density at radius 1 is 0.885 bits per heavy atom. The molecule has 2 aliphatic heterocycles. The van der Waals surface area contributed by atoms with Gasteiger partial charge in [-0.2, -0.15) is 0 Å². The minimum Gasteiger partial charge on any atom is -0.369 e. The van der Waals surface area contributed by atoms with Gasteiger partial charge in [0.1, 0.15) is 0 Å². The van der Waals surface area contributed by atoms with Gasteiger partial charge in [0, 0.05) is 63.4 Å². The van der Waals surface area contributed by atoms with Crippen LogP contribution in [-0.2, 0) is 9.59 Å². The summed E-state index contributed by atoms with van der Waals surface area (Å²) in [6, 6.07) is 6.70. The molecule has 0 spiro atoms. The molecule has 140 valence electrons. The van der Waals surface area contributed by atoms with Crippen LogP contribution in [0.2, 0.25) is 0 Å². The third-order valence-corrected chi connectivity index (χ3v) is 5.06. The van der Waals surface area contributed by atoms with E-state index in [2.05, 4.69) is 9.80 Å². The Morgan fingerprint density at radius 3 is 2.04 bits per heavy atom. The summed E-state index contributed by atoms with van der Waals surface area (Å²) in [6.07, 6.45) is 2.54. The van der Waals surface area contributed by atoms with Gasteiger partial charge in [-0.3, -0.25) is 29.5 Å². The van der Waals surface area contributed by atoms with E-state index in [0.29, 0.717) is 19.4 Å². The SMILES string of the molecule is O=C1CCC(=O)N1CCCCN1CCN(c2ccc([N+](=O)[O-])cc2)CC1. The molecule has 3 rings (SSSR count). The second-order valence-corrected chi connectivity index (χ2v) is 6.75. The molecule has 0 bridgehead atoms. The van der Waals surface area contributed by atoms with Crippen molar-refractivity contribution < 1.29 is 14.5 Å². The molecule has 1 aromatic rings. The van der Waals surface area contributed by atoms with Crippen molar-refractivity contribution >= 4 is 23.2 Å². The highest BCUT2D eigenvalue weighted by Gasteiger charge is 2.28. The number of hydrogen-bond donors (Lipinski definition) is 0. The summed E-state index contributed by atoms with van der Waals surface area (Å²) < 4.78 is 0. The second kappa shape index (κ2) is 8.27. The topological polar surface area (TPSA) is 87.0 Å². The lowest BCUT2D eigenvalue weighted by Crippen LogP contribution is -2.46. The summed E-state index contributed by atoms with van der Waals surface area (Å²) in [5.74, 6) is -0.0709. The number of nitrogens with zero attached hydrogens (tertiary/aromatic N) is 4. The summed E-state index contributed by atoms with van der Waals surface area (Å²) in [5, 5.41) is 10.7. The number of nitro benzene ring substituents is 1. The normalized spacial score (nSPS) is 18.6. The summed E-state index contributed by atoms with van der Waals surface area (Å²) >= 11 is 0. The third kappa shape index (κ3) is 4.37. The highest BCUT2D eigenvalue weighted by molar-refractivity contribution is 6.01. The van der Waals surface area contributed by atoms with Crippen molar-refractivity contribution in [3.05, 3.63) is 34.4 Å². The molecule has 0 aromatic heterocycles. The van der Waals surface area contributed by atoms with Crippen LogP contribution >= 0.6 is 0 Å². The van der Waals surface area contributed by atoms with Gasteiger partial charge in [-0.15, -0.1) is 0 Å². The number of amides is 2. The molecule has 0 aliphatic carbocycles. The van der Waals surface area contributed by atoms with E-state index in [-0.39, 0.29) is 22.4 Å². The smallest absolute Gasteiger partial charge is 0.269 e. The van der Waals surface area contributed by atoms with Gasteiger partial charge in [0.2, 0.25) is 11.8 Å². The largest absolute Gasteiger partial charge is 0.369 e. The molecule has 8 heteroatoms. The molecule has 2 amide bonds. The number of piperazine rings is 1. The first-order valence-corrected chi connectivity index (χ1v) is 9.09. The Morgan fingerprint density at radius 2 is 1.46 bits per heavy atom. The van der Waals surface area contributed by atoms with Crippen molar-refractivity contribution in [3.63, 3.8) is 0 Å². The fourth-order valence-corrected chi connectivity index (χ4v) is 3.49. The number of unbranched alkanes of at least 4 members (excludes halogenated alkanes) is 1. The molecule has 2 saturated heterocycles. The fourth-order valence-electron chi connectivity index (χ4n) is 3.49. The average molecular weight is 360 g/mol. The van der Waals surface area contributed by atoms with Crippen LogP contribution in [0.5, 0.6) is 0 Å². The Balaban J connectivity index is 1.36. The summed E-state index contributed by atoms with van der Waals surface area (Å²) in [7, 11) is 0. The zero-order valence-corrected chi connectivity index (χ0v) is 14.8. The van der Waals surface area contributed by atoms with Crippen molar-refractivity contribution in [1.82, 2.24) is 9.80 Å². The monoisotopic (exact) mass is 360 g/mol. The molecule has 2 fully saturated rings. The van der Waals surface area contributed by atoms with E-state index in [0.717, 1.165) is 51.3 Å². The lowest BCUT2D eigenvalue weighted by molar-refractivity contribution is -0.384. The number of anilines is 1. The Kier molecular flexibility index (Phi) is 5.82. The minimum absolute atomic E-state index is 0.0355. The number of non-ortho nitro benzene ring substituents is 1. The molecule has 26 heavy (non-hydrogen) atoms. The first-order valence-electron chi connectivity index (χ1n) is 9.09. The highest BCUT2D eigenvalue weighted by Crippen LogP contribution is 2.20. The van der Waals surface area contributed by atoms with Crippen LogP contribution in [0, 0.1) is 10.1 Å². The number of likely N-dealkylation sites (tertiary alicyclic amines) is 1. The van der Waals surface area contributed by atoms with E-state index in [9.17, 15) is 19.7 Å². The molecule has 8 nitrogen and oxygen atoms in total. The molecule has 1 aromatic carbocycles. The number of carbonyl (C=O) groups excluding carboxylic acids is 2. The van der Waals surface area contributed by atoms with Gasteiger partial charge in [0.15, 0.2) is 0 Å². The van der Waals surface area contributed by atoms with Crippen molar-refractivity contribution in [2.45, 2.75) is 25.7 Å². The maximum atomic E-state index is 11.6. The van der Waals surface area contributed by atoms with Gasteiger partial charge in [0.25, 0.3) is 5.69 Å². The van der Waals surface area contributed by atoms with Crippen molar-refractivity contribution in [2.24, 2.45) is 0 Å². The van der Waals surface area contributed by atoms with Crippen molar-refractivity contribution in [3.8, 4) is 0 Å². The van der Waals surface area contributed by atoms with Gasteiger partial charge in [-0.1, -0.05) is 0 Å². The maximum Gasteiger partial charge on any atom is 0.269 e. The first-order chi connectivity index (χ1) is 12.5. The van der Waals surface area contributed by atoms with Gasteiger partial charge in [0.05, 0.1) is 4.92 Å². The zero-order valence-electron chi connectivity index (χ0n) is 14.8. The Bertz CT molecular complexity index is 652. The number of benzene rings is 1. The molecule has 2 heterocycles. The predicted octanol–water partition coefficient (Wildman–Crippen LogP) is 1.65. The van der Waals surface area contributed by atoms with Gasteiger partial charge in [-0.05, 0) is 31.5 Å². The Hall–Kier alpha value is -2.48. The molecule has 0 radical (unpaired) electrons. The van der Waals surface area contributed by atoms with Gasteiger partial charge < -0.3 is 4.90 Å². The molecule has 0 unspecified atom stereocenters. The summed E-state index contributed by atoms with van der Waals surface area (Å²) in [6.45, 7) is 5.17. The van der Waals surface area contributed by atoms with Crippen LogP contribution in [0.4, 0.5) is 11.4 Å². The van der Waals surface area contributed by atoms with Crippen LogP contribution in [0.1, 0.15) is 25.7 Å². The van der Waals surface area contributed by atoms with E-state index in [1.807, 2.05) is 0 Å². The first kappa shape index (κ1) is 18.3. The molecular formula is C18H24N4O4. The van der Waals surface area contributed by atoms with Gasteiger partial charge in [-0.25, -0.2) is 0 Å². The lowest BCUT2D eigenvalue weighted by Gasteiger charge is -2.36. The van der Waals surface area contributed by atoms with Gasteiger partial charge >= 0.3 is 0 Å². The predicted molar refractivity (Wildman–Crippen MR) is 96.9 cm³/mol. The van der Waals surface area contributed by atoms with Crippen LogP contribution in [-0.4, -0.2) is 65.8 Å². The maximum absolute atomic E-state index is 11.6. The fraction of sp³-hybridized carbons (Fsp3) is 0.556. The number of rotatable bonds is 7. The van der Waals surface area contributed by atoms with Crippen LogP contribution in [0.25, 0.3) is 0 Å². The van der Waals surface area contributed by atoms with E-state index in [1.54, 1.807) is 24.3 Å². The molecule has 0 atom stereocenters. The van der Waals surface area contributed by atoms with Crippen molar-refractivity contribution in [1.29, 1.82) is 0 Å². The standard InChI is InChI=1S/C18H24N4O4/c23-17-7-8-18(24)21(17)10-2-1-9-19-11-13-20(14-12-19)15-3-5-16(6-4-15)22(25)26/h3-6H,1-2,7-14H2. The second-order valence-electron chi connectivity index (χ2n) is 6.75. The average Bonchev–Trinajstić information content (AvgIpc) is 2.97. The Labute approximate surface area is 152 Å². The number of hydrogen-bond acceptors (Lipinski definition) is 6. The molecule has 2 aliphatic rings. The minimum atomic E-state index is -0.384. The summed E-state index contributed by atoms with van der Waals surface area (Å²) in [4.78, 5) is 39.5. The number of nitro groups is 1. The van der Waals surface area contributed by atoms with Crippen LogP contribution < -0.4 is 4.90 Å². The number of carbonyl (C=O) groups is 2. The quantitative estimate of drug-likeness (QED) is 0.318. The summed E-state index contributed by atoms with van der Waals surface area (Å²) in [5.41, 5.74) is 1.13. The lowest BCUT2D eigenvalue weighted by atomic mass is 10.2. The van der Waals surface area contributed by atoms with E-state index >= 15 is 0 Å². The van der Waals surface area contributed by atoms with E-state index in [1.165, 1.54) is 4.90 Å². The van der Waals surface area contributed by atoms with E-state index in [4.69, 9.17) is 0 Å². The molecule has 0 saturated carbocycles. The third-order valence-electron chi connectivity index (χ3n) is 5.06. The van der Waals surface area contributed by atoms with E-state index < -0.39 is 0 Å². The van der Waals surface area contributed by atoms with Crippen LogP contribution in [0.15, 0.2) is 24.3 Å². The van der Waals surface area contributed by atoms with Crippen LogP contribution in [0.3, 0.4) is 0 Å². The number of imide groups is 1. The zero-order chi connectivity index (χ0) is 18.5. The van der Waals surface area contributed by atoms with Crippen molar-refractivity contribution in [2.75, 3.05) is 44.2 Å². The highest BCUT2D eigenvalue weighted by atomic mass is 16.6. The molecular weight excluding hydrogens is 336 g/mol. The molecule has 0 N–H and O–H groups in total.